The van der Waals surface area contributed by atoms with Crippen molar-refractivity contribution in [2.24, 2.45) is 16.1 Å². The maximum Gasteiger partial charge on any atom is 0.248 e. The van der Waals surface area contributed by atoms with Gasteiger partial charge >= 0.3 is 0 Å². The zero-order valence-corrected chi connectivity index (χ0v) is 13.0. The molecule has 0 bridgehead atoms. The van der Waals surface area contributed by atoms with Crippen molar-refractivity contribution in [3.63, 3.8) is 0 Å². The van der Waals surface area contributed by atoms with E-state index >= 15 is 0 Å². The minimum Gasteiger partial charge on any atom is -0.273 e. The van der Waals surface area contributed by atoms with Gasteiger partial charge in [-0.05, 0) is 32.8 Å². The van der Waals surface area contributed by atoms with E-state index in [9.17, 15) is 9.59 Å². The van der Waals surface area contributed by atoms with Crippen LogP contribution in [0.3, 0.4) is 0 Å². The number of amides is 2. The number of benzene rings is 1. The molecule has 1 aromatic carbocycles. The number of carbonyl (C=O) groups excluding carboxylic acids is 2. The zero-order chi connectivity index (χ0) is 16.1. The molecule has 0 radical (unpaired) electrons. The summed E-state index contributed by atoms with van der Waals surface area (Å²) in [6, 6.07) is 7.92. The Hall–Kier alpha value is -2.50. The minimum atomic E-state index is -0.312. The van der Waals surface area contributed by atoms with Crippen molar-refractivity contribution in [3.05, 3.63) is 35.4 Å². The van der Waals surface area contributed by atoms with E-state index in [0.717, 1.165) is 17.0 Å². The molecule has 0 saturated heterocycles. The number of hydrogen-bond acceptors (Lipinski definition) is 4. The molecule has 0 saturated carbocycles. The van der Waals surface area contributed by atoms with Crippen molar-refractivity contribution >= 4 is 23.2 Å². The molecule has 2 rings (SSSR count). The molecule has 1 heterocycles. The van der Waals surface area contributed by atoms with E-state index in [-0.39, 0.29) is 24.2 Å². The van der Waals surface area contributed by atoms with Gasteiger partial charge in [-0.1, -0.05) is 29.8 Å². The third kappa shape index (κ3) is 4.00. The van der Waals surface area contributed by atoms with Gasteiger partial charge in [-0.3, -0.25) is 9.59 Å². The SMILES string of the molecule is CC1=NNC(=O)C1CCC(=O)N/N=C(/C)c1ccc(C)cc1. The number of nitrogens with zero attached hydrogens (tertiary/aromatic N) is 2. The Kier molecular flexibility index (Phi) is 5.04. The fourth-order valence-corrected chi connectivity index (χ4v) is 2.17. The van der Waals surface area contributed by atoms with Crippen molar-refractivity contribution in [1.29, 1.82) is 0 Å². The fourth-order valence-electron chi connectivity index (χ4n) is 2.17. The molecule has 1 aliphatic rings. The summed E-state index contributed by atoms with van der Waals surface area (Å²) in [6.07, 6.45) is 0.668. The molecular formula is C16H20N4O2. The molecule has 1 atom stereocenters. The number of rotatable bonds is 5. The smallest absolute Gasteiger partial charge is 0.248 e. The lowest BCUT2D eigenvalue weighted by molar-refractivity contribution is -0.123. The van der Waals surface area contributed by atoms with Gasteiger partial charge in [0.05, 0.1) is 11.6 Å². The van der Waals surface area contributed by atoms with Crippen LogP contribution in [0.2, 0.25) is 0 Å². The average Bonchev–Trinajstić information content (AvgIpc) is 2.82. The maximum absolute atomic E-state index is 11.8. The Balaban J connectivity index is 1.84. The Labute approximate surface area is 129 Å². The van der Waals surface area contributed by atoms with Gasteiger partial charge in [-0.25, -0.2) is 10.9 Å². The van der Waals surface area contributed by atoms with Gasteiger partial charge < -0.3 is 0 Å². The molecule has 0 fully saturated rings. The first-order valence-electron chi connectivity index (χ1n) is 7.21. The Morgan fingerprint density at radius 3 is 2.59 bits per heavy atom. The quantitative estimate of drug-likeness (QED) is 0.641. The van der Waals surface area contributed by atoms with E-state index in [4.69, 9.17) is 0 Å². The fraction of sp³-hybridized carbons (Fsp3) is 0.375. The highest BCUT2D eigenvalue weighted by molar-refractivity contribution is 6.07. The number of aryl methyl sites for hydroxylation is 1. The van der Waals surface area contributed by atoms with Crippen LogP contribution in [0.5, 0.6) is 0 Å². The van der Waals surface area contributed by atoms with Gasteiger partial charge in [0.25, 0.3) is 0 Å². The first-order valence-corrected chi connectivity index (χ1v) is 7.21. The number of hydrazone groups is 2. The zero-order valence-electron chi connectivity index (χ0n) is 13.0. The molecule has 116 valence electrons. The average molecular weight is 300 g/mol. The van der Waals surface area contributed by atoms with E-state index < -0.39 is 0 Å². The summed E-state index contributed by atoms with van der Waals surface area (Å²) in [7, 11) is 0. The van der Waals surface area contributed by atoms with E-state index in [1.165, 1.54) is 5.56 Å². The summed E-state index contributed by atoms with van der Waals surface area (Å²) in [4.78, 5) is 23.3. The lowest BCUT2D eigenvalue weighted by Crippen LogP contribution is -2.25. The van der Waals surface area contributed by atoms with E-state index in [1.807, 2.05) is 38.1 Å². The molecule has 2 amide bonds. The highest BCUT2D eigenvalue weighted by Crippen LogP contribution is 2.13. The second kappa shape index (κ2) is 6.98. The topological polar surface area (TPSA) is 82.9 Å². The second-order valence-electron chi connectivity index (χ2n) is 5.42. The van der Waals surface area contributed by atoms with Crippen LogP contribution in [0, 0.1) is 12.8 Å². The van der Waals surface area contributed by atoms with Crippen LogP contribution in [0.4, 0.5) is 0 Å². The third-order valence-electron chi connectivity index (χ3n) is 3.64. The first-order chi connectivity index (χ1) is 10.5. The number of nitrogens with one attached hydrogen (secondary N) is 2. The van der Waals surface area contributed by atoms with Gasteiger partial charge in [-0.2, -0.15) is 10.2 Å². The van der Waals surface area contributed by atoms with Crippen LogP contribution in [-0.4, -0.2) is 23.2 Å². The van der Waals surface area contributed by atoms with Crippen molar-refractivity contribution in [2.75, 3.05) is 0 Å². The molecule has 0 aromatic heterocycles. The van der Waals surface area contributed by atoms with Crippen LogP contribution in [0.25, 0.3) is 0 Å². The summed E-state index contributed by atoms with van der Waals surface area (Å²) in [5, 5.41) is 7.95. The first kappa shape index (κ1) is 15.9. The lowest BCUT2D eigenvalue weighted by Gasteiger charge is -2.07. The van der Waals surface area contributed by atoms with Gasteiger partial charge in [0.15, 0.2) is 0 Å². The molecular weight excluding hydrogens is 280 g/mol. The van der Waals surface area contributed by atoms with Crippen molar-refractivity contribution in [1.82, 2.24) is 10.9 Å². The predicted molar refractivity (Wildman–Crippen MR) is 85.5 cm³/mol. The second-order valence-corrected chi connectivity index (χ2v) is 5.42. The maximum atomic E-state index is 11.8. The molecule has 1 unspecified atom stereocenters. The van der Waals surface area contributed by atoms with Crippen molar-refractivity contribution in [3.8, 4) is 0 Å². The molecule has 6 heteroatoms. The van der Waals surface area contributed by atoms with Crippen LogP contribution in [0.15, 0.2) is 34.5 Å². The van der Waals surface area contributed by atoms with Crippen molar-refractivity contribution in [2.45, 2.75) is 33.6 Å². The molecule has 2 N–H and O–H groups in total. The summed E-state index contributed by atoms with van der Waals surface area (Å²) in [6.45, 7) is 5.63. The minimum absolute atomic E-state index is 0.148. The molecule has 1 aromatic rings. The third-order valence-corrected chi connectivity index (χ3v) is 3.64. The van der Waals surface area contributed by atoms with Crippen LogP contribution < -0.4 is 10.9 Å². The predicted octanol–water partition coefficient (Wildman–Crippen LogP) is 1.74. The van der Waals surface area contributed by atoms with E-state index in [1.54, 1.807) is 6.92 Å². The molecule has 1 aliphatic heterocycles. The monoisotopic (exact) mass is 300 g/mol. The van der Waals surface area contributed by atoms with Gasteiger partial charge in [0, 0.05) is 12.1 Å². The van der Waals surface area contributed by atoms with Crippen LogP contribution in [0.1, 0.15) is 37.8 Å². The lowest BCUT2D eigenvalue weighted by atomic mass is 9.99. The summed E-state index contributed by atoms with van der Waals surface area (Å²) < 4.78 is 0. The van der Waals surface area contributed by atoms with Gasteiger partial charge in [-0.15, -0.1) is 0 Å². The molecule has 0 spiro atoms. The van der Waals surface area contributed by atoms with E-state index in [0.29, 0.717) is 6.42 Å². The Morgan fingerprint density at radius 1 is 1.32 bits per heavy atom. The molecule has 0 aliphatic carbocycles. The standard InChI is InChI=1S/C16H20N4O2/c1-10-4-6-13(7-5-10)11(2)17-19-15(21)9-8-14-12(3)18-20-16(14)22/h4-7,14H,8-9H2,1-3H3,(H,19,21)(H,20,22)/b17-11-. The normalized spacial score (nSPS) is 18.0. The molecule has 22 heavy (non-hydrogen) atoms. The van der Waals surface area contributed by atoms with Crippen LogP contribution >= 0.6 is 0 Å². The molecule has 6 nitrogen and oxygen atoms in total. The van der Waals surface area contributed by atoms with Crippen LogP contribution in [-0.2, 0) is 9.59 Å². The number of carbonyl (C=O) groups is 2. The van der Waals surface area contributed by atoms with Crippen molar-refractivity contribution < 1.29 is 9.59 Å². The summed E-state index contributed by atoms with van der Waals surface area (Å²) in [5.41, 5.74) is 8.53. The van der Waals surface area contributed by atoms with E-state index in [2.05, 4.69) is 21.1 Å². The van der Waals surface area contributed by atoms with Gasteiger partial charge in [0.1, 0.15) is 0 Å². The highest BCUT2D eigenvalue weighted by atomic mass is 16.2. The Bertz CT molecular complexity index is 632. The largest absolute Gasteiger partial charge is 0.273 e. The highest BCUT2D eigenvalue weighted by Gasteiger charge is 2.26. The Morgan fingerprint density at radius 2 is 2.00 bits per heavy atom. The number of hydrogen-bond donors (Lipinski definition) is 2. The summed E-state index contributed by atoms with van der Waals surface area (Å²) in [5.74, 6) is -0.670. The summed E-state index contributed by atoms with van der Waals surface area (Å²) >= 11 is 0. The van der Waals surface area contributed by atoms with Gasteiger partial charge in [0.2, 0.25) is 11.8 Å².